The minimum absolute atomic E-state index is 0.0463. The fourth-order valence-corrected chi connectivity index (χ4v) is 2.08. The quantitative estimate of drug-likeness (QED) is 0.492. The minimum atomic E-state index is -1.84. The summed E-state index contributed by atoms with van der Waals surface area (Å²) in [5.41, 5.74) is 0.894. The molecule has 0 spiro atoms. The lowest BCUT2D eigenvalue weighted by Crippen LogP contribution is -2.09. The molecule has 1 aromatic carbocycles. The summed E-state index contributed by atoms with van der Waals surface area (Å²) in [5.74, 6) is -6.59. The van der Waals surface area contributed by atoms with Gasteiger partial charge in [-0.3, -0.25) is 5.10 Å². The van der Waals surface area contributed by atoms with Gasteiger partial charge in [0, 0.05) is 23.2 Å². The van der Waals surface area contributed by atoms with E-state index < -0.39 is 28.8 Å². The highest BCUT2D eigenvalue weighted by Crippen LogP contribution is 2.31. The summed E-state index contributed by atoms with van der Waals surface area (Å²) in [6, 6.07) is 0.596. The normalized spacial score (nSPS) is 14.5. The smallest absolute Gasteiger partial charge is 0.198 e. The van der Waals surface area contributed by atoms with Crippen molar-refractivity contribution in [3.63, 3.8) is 0 Å². The van der Waals surface area contributed by atoms with Crippen LogP contribution >= 0.6 is 0 Å². The molecular formula is C12H8F4N2O. The maximum atomic E-state index is 13.7. The van der Waals surface area contributed by atoms with Crippen LogP contribution in [-0.2, 0) is 17.8 Å². The predicted molar refractivity (Wildman–Crippen MR) is 57.2 cm³/mol. The van der Waals surface area contributed by atoms with Crippen LogP contribution in [0.25, 0.3) is 11.3 Å². The van der Waals surface area contributed by atoms with Gasteiger partial charge in [0.2, 0.25) is 0 Å². The van der Waals surface area contributed by atoms with Gasteiger partial charge < -0.3 is 4.74 Å². The summed E-state index contributed by atoms with van der Waals surface area (Å²) >= 11 is 0. The zero-order valence-electron chi connectivity index (χ0n) is 9.57. The molecule has 2 heterocycles. The third-order valence-corrected chi connectivity index (χ3v) is 3.05. The average Bonchev–Trinajstić information content (AvgIpc) is 2.84. The first kappa shape index (κ1) is 12.2. The zero-order valence-corrected chi connectivity index (χ0v) is 9.57. The maximum absolute atomic E-state index is 13.7. The Balaban J connectivity index is 2.20. The lowest BCUT2D eigenvalue weighted by Gasteiger charge is -2.13. The lowest BCUT2D eigenvalue weighted by molar-refractivity contribution is 0.110. The maximum Gasteiger partial charge on any atom is 0.198 e. The number of ether oxygens (including phenoxy) is 1. The molecule has 0 aliphatic carbocycles. The van der Waals surface area contributed by atoms with Gasteiger partial charge in [-0.1, -0.05) is 0 Å². The average molecular weight is 272 g/mol. The van der Waals surface area contributed by atoms with Crippen LogP contribution in [0.15, 0.2) is 6.07 Å². The standard InChI is InChI=1S/C12H8F4N2O/c13-7-3-5(9(14)11(16)10(7)15)12-6-4-19-2-1-8(6)17-18-12/h3H,1-2,4H2,(H,17,18). The fraction of sp³-hybridized carbons (Fsp3) is 0.250. The second-order valence-electron chi connectivity index (χ2n) is 4.18. The molecule has 0 saturated heterocycles. The van der Waals surface area contributed by atoms with Gasteiger partial charge in [0.15, 0.2) is 23.3 Å². The summed E-state index contributed by atoms with van der Waals surface area (Å²) in [4.78, 5) is 0. The molecule has 3 nitrogen and oxygen atoms in total. The van der Waals surface area contributed by atoms with Crippen molar-refractivity contribution in [3.8, 4) is 11.3 Å². The first-order chi connectivity index (χ1) is 9.09. The number of nitrogens with one attached hydrogen (secondary N) is 1. The van der Waals surface area contributed by atoms with E-state index in [1.165, 1.54) is 0 Å². The van der Waals surface area contributed by atoms with Gasteiger partial charge in [-0.2, -0.15) is 5.10 Å². The summed E-state index contributed by atoms with van der Waals surface area (Å²) < 4.78 is 58.2. The van der Waals surface area contributed by atoms with Crippen molar-refractivity contribution >= 4 is 0 Å². The van der Waals surface area contributed by atoms with E-state index in [1.54, 1.807) is 0 Å². The number of hydrogen-bond donors (Lipinski definition) is 1. The van der Waals surface area contributed by atoms with E-state index >= 15 is 0 Å². The van der Waals surface area contributed by atoms with Crippen molar-refractivity contribution in [3.05, 3.63) is 40.6 Å². The number of hydrogen-bond acceptors (Lipinski definition) is 2. The van der Waals surface area contributed by atoms with E-state index in [2.05, 4.69) is 10.2 Å². The van der Waals surface area contributed by atoms with E-state index in [0.29, 0.717) is 24.7 Å². The first-order valence-corrected chi connectivity index (χ1v) is 5.56. The van der Waals surface area contributed by atoms with Crippen molar-refractivity contribution in [2.75, 3.05) is 6.61 Å². The molecule has 0 radical (unpaired) electrons. The van der Waals surface area contributed by atoms with Crippen LogP contribution in [-0.4, -0.2) is 16.8 Å². The van der Waals surface area contributed by atoms with Crippen molar-refractivity contribution in [1.29, 1.82) is 0 Å². The minimum Gasteiger partial charge on any atom is -0.376 e. The molecule has 0 unspecified atom stereocenters. The van der Waals surface area contributed by atoms with Gasteiger partial charge in [-0.05, 0) is 6.07 Å². The second kappa shape index (κ2) is 4.34. The number of fused-ring (bicyclic) bond motifs is 1. The van der Waals surface area contributed by atoms with Gasteiger partial charge in [0.25, 0.3) is 0 Å². The molecule has 7 heteroatoms. The van der Waals surface area contributed by atoms with Crippen LogP contribution in [0.4, 0.5) is 17.6 Å². The Morgan fingerprint density at radius 3 is 2.68 bits per heavy atom. The molecule has 19 heavy (non-hydrogen) atoms. The first-order valence-electron chi connectivity index (χ1n) is 5.56. The van der Waals surface area contributed by atoms with Crippen LogP contribution in [0.5, 0.6) is 0 Å². The van der Waals surface area contributed by atoms with Crippen molar-refractivity contribution < 1.29 is 22.3 Å². The van der Waals surface area contributed by atoms with Gasteiger partial charge in [-0.15, -0.1) is 0 Å². The van der Waals surface area contributed by atoms with E-state index in [0.717, 1.165) is 5.69 Å². The number of nitrogens with zero attached hydrogens (tertiary/aromatic N) is 1. The highest BCUT2D eigenvalue weighted by atomic mass is 19.2. The summed E-state index contributed by atoms with van der Waals surface area (Å²) in [6.07, 6.45) is 0.552. The zero-order chi connectivity index (χ0) is 13.6. The van der Waals surface area contributed by atoms with Crippen molar-refractivity contribution in [2.45, 2.75) is 13.0 Å². The van der Waals surface area contributed by atoms with Crippen LogP contribution in [0.1, 0.15) is 11.3 Å². The number of benzene rings is 1. The topological polar surface area (TPSA) is 37.9 Å². The largest absolute Gasteiger partial charge is 0.376 e. The van der Waals surface area contributed by atoms with Gasteiger partial charge >= 0.3 is 0 Å². The molecule has 2 aromatic rings. The Kier molecular flexibility index (Phi) is 2.78. The molecule has 0 atom stereocenters. The fourth-order valence-electron chi connectivity index (χ4n) is 2.08. The highest BCUT2D eigenvalue weighted by molar-refractivity contribution is 5.65. The SMILES string of the molecule is Fc1cc(-c2n[nH]c3c2COCC3)c(F)c(F)c1F. The number of aromatic nitrogens is 2. The summed E-state index contributed by atoms with van der Waals surface area (Å²) in [5, 5.41) is 6.51. The Morgan fingerprint density at radius 1 is 1.11 bits per heavy atom. The molecule has 1 aliphatic rings. The molecule has 1 N–H and O–H groups in total. The van der Waals surface area contributed by atoms with Crippen LogP contribution in [0.3, 0.4) is 0 Å². The third-order valence-electron chi connectivity index (χ3n) is 3.05. The summed E-state index contributed by atoms with van der Waals surface area (Å²) in [6.45, 7) is 0.657. The molecule has 0 amide bonds. The molecule has 0 bridgehead atoms. The van der Waals surface area contributed by atoms with Crippen molar-refractivity contribution in [2.24, 2.45) is 0 Å². The van der Waals surface area contributed by atoms with E-state index in [4.69, 9.17) is 4.74 Å². The molecule has 0 fully saturated rings. The Bertz CT molecular complexity index is 654. The number of halogens is 4. The van der Waals surface area contributed by atoms with Gasteiger partial charge in [-0.25, -0.2) is 17.6 Å². The lowest BCUT2D eigenvalue weighted by atomic mass is 10.0. The van der Waals surface area contributed by atoms with Crippen LogP contribution in [0, 0.1) is 23.3 Å². The molecule has 3 rings (SSSR count). The molecule has 1 aliphatic heterocycles. The van der Waals surface area contributed by atoms with E-state index in [9.17, 15) is 17.6 Å². The number of H-pyrrole nitrogens is 1. The highest BCUT2D eigenvalue weighted by Gasteiger charge is 2.25. The van der Waals surface area contributed by atoms with Crippen LogP contribution < -0.4 is 0 Å². The third kappa shape index (κ3) is 1.81. The van der Waals surface area contributed by atoms with Crippen molar-refractivity contribution in [1.82, 2.24) is 10.2 Å². The second-order valence-corrected chi connectivity index (χ2v) is 4.18. The van der Waals surface area contributed by atoms with Gasteiger partial charge in [0.1, 0.15) is 5.69 Å². The Hall–Kier alpha value is -1.89. The van der Waals surface area contributed by atoms with E-state index in [-0.39, 0.29) is 12.3 Å². The monoisotopic (exact) mass is 272 g/mol. The number of rotatable bonds is 1. The molecule has 0 saturated carbocycles. The predicted octanol–water partition coefficient (Wildman–Crippen LogP) is 2.71. The number of aromatic amines is 1. The molecule has 1 aromatic heterocycles. The Labute approximate surface area is 105 Å². The summed E-state index contributed by atoms with van der Waals surface area (Å²) in [7, 11) is 0. The Morgan fingerprint density at radius 2 is 1.89 bits per heavy atom. The molecular weight excluding hydrogens is 264 g/mol. The van der Waals surface area contributed by atoms with E-state index in [1.807, 2.05) is 0 Å². The molecule has 100 valence electrons. The van der Waals surface area contributed by atoms with Crippen LogP contribution in [0.2, 0.25) is 0 Å². The van der Waals surface area contributed by atoms with Gasteiger partial charge in [0.05, 0.1) is 13.2 Å².